The first-order valence-corrected chi connectivity index (χ1v) is 17.8. The van der Waals surface area contributed by atoms with Crippen LogP contribution in [0.3, 0.4) is 0 Å². The minimum Gasteiger partial charge on any atom is -0.346 e. The molecule has 0 bridgehead atoms. The lowest BCUT2D eigenvalue weighted by Gasteiger charge is -2.38. The Morgan fingerprint density at radius 1 is 0.980 bits per heavy atom. The van der Waals surface area contributed by atoms with E-state index in [0.717, 1.165) is 57.8 Å². The van der Waals surface area contributed by atoms with E-state index in [-0.39, 0.29) is 41.8 Å². The fraction of sp³-hybridized carbons (Fsp3) is 0.667. The van der Waals surface area contributed by atoms with Crippen LogP contribution in [-0.2, 0) is 24.0 Å². The zero-order valence-corrected chi connectivity index (χ0v) is 28.9. The number of carbonyl (C=O) groups excluding carboxylic acids is 6. The fourth-order valence-electron chi connectivity index (χ4n) is 7.53. The molecule has 4 N–H and O–H groups in total. The number of carbonyl (C=O) groups is 6. The van der Waals surface area contributed by atoms with Gasteiger partial charge >= 0.3 is 0 Å². The third-order valence-electron chi connectivity index (χ3n) is 10.6. The minimum absolute atomic E-state index is 0.0597. The van der Waals surface area contributed by atoms with Gasteiger partial charge in [0.15, 0.2) is 0 Å². The molecule has 13 nitrogen and oxygen atoms in total. The second-order valence-corrected chi connectivity index (χ2v) is 15.3. The highest BCUT2D eigenvalue weighted by atomic mass is 16.2. The van der Waals surface area contributed by atoms with Gasteiger partial charge in [0, 0.05) is 25.5 Å². The summed E-state index contributed by atoms with van der Waals surface area (Å²) in [5.74, 6) is -3.09. The summed E-state index contributed by atoms with van der Waals surface area (Å²) in [6, 6.07) is -3.70. The number of hydrogen-bond acceptors (Lipinski definition) is 8. The Kier molecular flexibility index (Phi) is 11.5. The van der Waals surface area contributed by atoms with E-state index in [2.05, 4.69) is 37.8 Å². The molecule has 3 aliphatic carbocycles. The molecule has 1 aromatic rings. The van der Waals surface area contributed by atoms with Crippen molar-refractivity contribution in [1.29, 1.82) is 0 Å². The van der Waals surface area contributed by atoms with E-state index < -0.39 is 59.0 Å². The Hall–Kier alpha value is -4.16. The number of ketones is 1. The number of hydrogen-bond donors (Lipinski definition) is 4. The summed E-state index contributed by atoms with van der Waals surface area (Å²) < 4.78 is 0. The lowest BCUT2D eigenvalue weighted by Crippen LogP contribution is -2.62. The largest absolute Gasteiger partial charge is 0.346 e. The zero-order valence-electron chi connectivity index (χ0n) is 28.9. The smallest absolute Gasteiger partial charge is 0.289 e. The van der Waals surface area contributed by atoms with Crippen LogP contribution in [0.15, 0.2) is 31.2 Å². The lowest BCUT2D eigenvalue weighted by atomic mass is 9.80. The van der Waals surface area contributed by atoms with Crippen molar-refractivity contribution >= 4 is 35.3 Å². The number of nitrogens with zero attached hydrogens (tertiary/aromatic N) is 3. The predicted molar refractivity (Wildman–Crippen MR) is 180 cm³/mol. The average Bonchev–Trinajstić information content (AvgIpc) is 3.73. The molecule has 5 rings (SSSR count). The first kappa shape index (κ1) is 36.1. The molecule has 0 radical (unpaired) electrons. The summed E-state index contributed by atoms with van der Waals surface area (Å²) in [6.07, 6.45) is 14.2. The first-order chi connectivity index (χ1) is 23.4. The van der Waals surface area contributed by atoms with Crippen LogP contribution < -0.4 is 21.3 Å². The van der Waals surface area contributed by atoms with Crippen LogP contribution in [0.1, 0.15) is 95.5 Å². The summed E-state index contributed by atoms with van der Waals surface area (Å²) in [5.41, 5.74) is -0.643. The van der Waals surface area contributed by atoms with Gasteiger partial charge in [0.25, 0.3) is 11.8 Å². The summed E-state index contributed by atoms with van der Waals surface area (Å²) >= 11 is 0. The molecule has 1 aliphatic heterocycles. The van der Waals surface area contributed by atoms with E-state index in [4.69, 9.17) is 0 Å². The van der Waals surface area contributed by atoms with Gasteiger partial charge < -0.3 is 26.2 Å². The quantitative estimate of drug-likeness (QED) is 0.171. The van der Waals surface area contributed by atoms with Crippen LogP contribution >= 0.6 is 0 Å². The number of amides is 5. The number of piperidine rings is 1. The molecule has 13 heteroatoms. The maximum atomic E-state index is 14.4. The third-order valence-corrected chi connectivity index (χ3v) is 10.6. The SMILES string of the molecule is C=CCNC(=O)C(=O)C(CC1CCC1)NC(=O)[C@@H]1[C@H]2C[C@H]2CN1C(=O)[C@@H](NC(=O)[C@@H](NC(=O)c1cnccn1)C1CCCCC1)C(C)(C)C. The molecule has 1 saturated heterocycles. The topological polar surface area (TPSA) is 180 Å². The van der Waals surface area contributed by atoms with Gasteiger partial charge in [-0.2, -0.15) is 0 Å². The van der Waals surface area contributed by atoms with Crippen LogP contribution in [0.25, 0.3) is 0 Å². The van der Waals surface area contributed by atoms with Gasteiger partial charge in [-0.1, -0.05) is 65.4 Å². The predicted octanol–water partition coefficient (Wildman–Crippen LogP) is 2.08. The lowest BCUT2D eigenvalue weighted by molar-refractivity contribution is -0.146. The van der Waals surface area contributed by atoms with Gasteiger partial charge in [-0.05, 0) is 54.8 Å². The van der Waals surface area contributed by atoms with E-state index in [1.165, 1.54) is 24.7 Å². The Morgan fingerprint density at radius 3 is 2.33 bits per heavy atom. The highest BCUT2D eigenvalue weighted by Gasteiger charge is 2.58. The molecule has 3 saturated carbocycles. The second-order valence-electron chi connectivity index (χ2n) is 15.3. The van der Waals surface area contributed by atoms with E-state index >= 15 is 0 Å². The van der Waals surface area contributed by atoms with Crippen LogP contribution in [-0.4, -0.2) is 87.4 Å². The Bertz CT molecular complexity index is 1420. The summed E-state index contributed by atoms with van der Waals surface area (Å²) in [7, 11) is 0. The summed E-state index contributed by atoms with van der Waals surface area (Å²) in [4.78, 5) is 91.0. The molecule has 5 amide bonds. The number of fused-ring (bicyclic) bond motifs is 1. The molecule has 4 fully saturated rings. The van der Waals surface area contributed by atoms with Gasteiger partial charge in [-0.25, -0.2) is 4.98 Å². The van der Waals surface area contributed by atoms with E-state index in [1.807, 2.05) is 20.8 Å². The highest BCUT2D eigenvalue weighted by Crippen LogP contribution is 2.50. The standard InChI is InChI=1S/C36H51N7O6/c1-5-14-39-34(48)29(44)25(17-21-10-9-11-21)40-33(47)28-24-18-23(24)20-43(28)35(49)30(36(2,3)4)42-32(46)27(22-12-7-6-8-13-22)41-31(45)26-19-37-15-16-38-26/h5,15-16,19,21-25,27-28,30H,1,6-14,17-18,20H2,2-4H3,(H,39,48)(H,40,47)(H,41,45)(H,42,46)/t23-,24-,25?,27-,28-,30+/m0/s1. The van der Waals surface area contributed by atoms with E-state index in [0.29, 0.717) is 13.0 Å². The van der Waals surface area contributed by atoms with Crippen molar-refractivity contribution in [2.24, 2.45) is 29.1 Å². The molecule has 1 unspecified atom stereocenters. The summed E-state index contributed by atoms with van der Waals surface area (Å²) in [6.45, 7) is 9.62. The van der Waals surface area contributed by atoms with Crippen molar-refractivity contribution in [3.05, 3.63) is 36.9 Å². The Labute approximate surface area is 288 Å². The van der Waals surface area contributed by atoms with Crippen molar-refractivity contribution in [3.8, 4) is 0 Å². The minimum atomic E-state index is -0.996. The van der Waals surface area contributed by atoms with Gasteiger partial charge in [0.1, 0.15) is 23.8 Å². The second kappa shape index (κ2) is 15.6. The number of rotatable bonds is 14. The highest BCUT2D eigenvalue weighted by molar-refractivity contribution is 6.38. The van der Waals surface area contributed by atoms with Gasteiger partial charge in [-0.15, -0.1) is 6.58 Å². The molecule has 1 aromatic heterocycles. The van der Waals surface area contributed by atoms with Gasteiger partial charge in [0.05, 0.1) is 12.2 Å². The molecule has 6 atom stereocenters. The fourth-order valence-corrected chi connectivity index (χ4v) is 7.53. The normalized spacial score (nSPS) is 23.9. The number of likely N-dealkylation sites (tertiary alicyclic amines) is 1. The van der Waals surface area contributed by atoms with E-state index in [1.54, 1.807) is 4.90 Å². The van der Waals surface area contributed by atoms with Crippen LogP contribution in [0.2, 0.25) is 0 Å². The first-order valence-electron chi connectivity index (χ1n) is 17.8. The molecule has 266 valence electrons. The molecule has 49 heavy (non-hydrogen) atoms. The Morgan fingerprint density at radius 2 is 1.71 bits per heavy atom. The van der Waals surface area contributed by atoms with Crippen LogP contribution in [0, 0.1) is 29.1 Å². The van der Waals surface area contributed by atoms with Crippen molar-refractivity contribution in [2.75, 3.05) is 13.1 Å². The molecule has 4 aliphatic rings. The molecule has 0 aromatic carbocycles. The summed E-state index contributed by atoms with van der Waals surface area (Å²) in [5, 5.41) is 11.2. The zero-order chi connectivity index (χ0) is 35.3. The van der Waals surface area contributed by atoms with Crippen LogP contribution in [0.4, 0.5) is 0 Å². The van der Waals surface area contributed by atoms with Gasteiger partial charge in [0.2, 0.25) is 23.5 Å². The van der Waals surface area contributed by atoms with Crippen molar-refractivity contribution in [2.45, 2.75) is 109 Å². The van der Waals surface area contributed by atoms with Crippen molar-refractivity contribution in [3.63, 3.8) is 0 Å². The number of aromatic nitrogens is 2. The molecular weight excluding hydrogens is 626 g/mol. The number of nitrogens with one attached hydrogen (secondary N) is 4. The monoisotopic (exact) mass is 677 g/mol. The van der Waals surface area contributed by atoms with Crippen molar-refractivity contribution in [1.82, 2.24) is 36.1 Å². The average molecular weight is 678 g/mol. The third kappa shape index (κ3) is 8.72. The van der Waals surface area contributed by atoms with E-state index in [9.17, 15) is 28.8 Å². The Balaban J connectivity index is 1.33. The number of Topliss-reactive ketones (excluding diaryl/α,β-unsaturated/α-hetero) is 1. The molecule has 0 spiro atoms. The maximum absolute atomic E-state index is 14.4. The van der Waals surface area contributed by atoms with Gasteiger partial charge in [-0.3, -0.25) is 33.8 Å². The van der Waals surface area contributed by atoms with Crippen molar-refractivity contribution < 1.29 is 28.8 Å². The molecule has 2 heterocycles. The maximum Gasteiger partial charge on any atom is 0.289 e. The molecular formula is C36H51N7O6. The van der Waals surface area contributed by atoms with Crippen LogP contribution in [0.5, 0.6) is 0 Å².